The van der Waals surface area contributed by atoms with Gasteiger partial charge in [0.05, 0.1) is 21.3 Å². The average Bonchev–Trinajstić information content (AvgIpc) is 2.67. The number of anilines is 2. The Labute approximate surface area is 152 Å². The van der Waals surface area contributed by atoms with Crippen molar-refractivity contribution in [3.8, 4) is 17.2 Å². The van der Waals surface area contributed by atoms with E-state index in [1.165, 1.54) is 0 Å². The zero-order valence-corrected chi connectivity index (χ0v) is 15.5. The first-order chi connectivity index (χ1) is 12.6. The Morgan fingerprint density at radius 2 is 1.73 bits per heavy atom. The molecule has 0 saturated heterocycles. The molecule has 2 aromatic rings. The van der Waals surface area contributed by atoms with Gasteiger partial charge in [0.1, 0.15) is 0 Å². The van der Waals surface area contributed by atoms with E-state index in [-0.39, 0.29) is 11.6 Å². The van der Waals surface area contributed by atoms with Gasteiger partial charge in [-0.25, -0.2) is 0 Å². The number of hydrogen-bond acceptors (Lipinski definition) is 7. The number of nitrogens with zero attached hydrogens (tertiary/aromatic N) is 2. The fraction of sp³-hybridized carbons (Fsp3) is 0.389. The summed E-state index contributed by atoms with van der Waals surface area (Å²) >= 11 is 0. The number of hydrogen-bond donors (Lipinski definition) is 2. The molecule has 0 saturated carbocycles. The first-order valence-corrected chi connectivity index (χ1v) is 8.31. The highest BCUT2D eigenvalue weighted by atomic mass is 16.5. The van der Waals surface area contributed by atoms with Gasteiger partial charge in [0.25, 0.3) is 5.91 Å². The molecule has 0 fully saturated rings. The van der Waals surface area contributed by atoms with Crippen LogP contribution in [0, 0.1) is 0 Å². The van der Waals surface area contributed by atoms with Gasteiger partial charge < -0.3 is 24.8 Å². The van der Waals surface area contributed by atoms with Crippen molar-refractivity contribution in [3.63, 3.8) is 0 Å². The average molecular weight is 360 g/mol. The summed E-state index contributed by atoms with van der Waals surface area (Å²) in [5, 5.41) is 13.9. The summed E-state index contributed by atoms with van der Waals surface area (Å²) in [4.78, 5) is 11.9. The van der Waals surface area contributed by atoms with Gasteiger partial charge in [0.15, 0.2) is 23.0 Å². The van der Waals surface area contributed by atoms with E-state index >= 15 is 0 Å². The Hall–Kier alpha value is -3.03. The Balaban J connectivity index is 2.12. The minimum absolute atomic E-state index is 0.231. The fourth-order valence-electron chi connectivity index (χ4n) is 2.29. The molecule has 2 N–H and O–H groups in total. The maximum absolute atomic E-state index is 11.9. The third-order valence-electron chi connectivity index (χ3n) is 3.65. The highest BCUT2D eigenvalue weighted by Crippen LogP contribution is 2.40. The maximum Gasteiger partial charge on any atom is 0.271 e. The molecule has 1 heterocycles. The van der Waals surface area contributed by atoms with Gasteiger partial charge in [-0.15, -0.1) is 10.2 Å². The van der Waals surface area contributed by atoms with E-state index in [4.69, 9.17) is 14.2 Å². The number of ether oxygens (including phenoxy) is 3. The Bertz CT molecular complexity index is 709. The van der Waals surface area contributed by atoms with E-state index in [0.29, 0.717) is 35.3 Å². The largest absolute Gasteiger partial charge is 0.493 e. The number of rotatable bonds is 9. The quantitative estimate of drug-likeness (QED) is 0.664. The smallest absolute Gasteiger partial charge is 0.271 e. The number of nitrogens with one attached hydrogen (secondary N) is 2. The standard InChI is InChI=1S/C18H24N4O4/c1-5-6-9-19-18(23)13-7-8-16(22-21-13)20-12-10-14(24-2)17(26-4)15(11-12)25-3/h7-8,10-11H,5-6,9H2,1-4H3,(H,19,23)(H,20,22). The van der Waals surface area contributed by atoms with Gasteiger partial charge in [-0.2, -0.15) is 0 Å². The van der Waals surface area contributed by atoms with Crippen molar-refractivity contribution >= 4 is 17.4 Å². The first-order valence-electron chi connectivity index (χ1n) is 8.31. The fourth-order valence-corrected chi connectivity index (χ4v) is 2.29. The van der Waals surface area contributed by atoms with E-state index in [0.717, 1.165) is 12.8 Å². The van der Waals surface area contributed by atoms with E-state index in [1.54, 1.807) is 45.6 Å². The molecule has 0 aliphatic heterocycles. The summed E-state index contributed by atoms with van der Waals surface area (Å²) in [6.45, 7) is 2.69. The molecule has 8 nitrogen and oxygen atoms in total. The molecule has 0 radical (unpaired) electrons. The van der Waals surface area contributed by atoms with E-state index in [1.807, 2.05) is 0 Å². The number of amides is 1. The van der Waals surface area contributed by atoms with Crippen LogP contribution in [0.5, 0.6) is 17.2 Å². The number of benzene rings is 1. The number of carbonyl (C=O) groups excluding carboxylic acids is 1. The molecule has 0 unspecified atom stereocenters. The molecule has 1 aromatic heterocycles. The molecule has 26 heavy (non-hydrogen) atoms. The van der Waals surface area contributed by atoms with Gasteiger partial charge in [0.2, 0.25) is 5.75 Å². The van der Waals surface area contributed by atoms with Gasteiger partial charge in [-0.1, -0.05) is 13.3 Å². The zero-order valence-electron chi connectivity index (χ0n) is 15.5. The van der Waals surface area contributed by atoms with Crippen LogP contribution in [0.4, 0.5) is 11.5 Å². The van der Waals surface area contributed by atoms with E-state index < -0.39 is 0 Å². The highest BCUT2D eigenvalue weighted by molar-refractivity contribution is 5.92. The summed E-state index contributed by atoms with van der Waals surface area (Å²) in [6.07, 6.45) is 1.95. The van der Waals surface area contributed by atoms with Crippen LogP contribution in [0.3, 0.4) is 0 Å². The highest BCUT2D eigenvalue weighted by Gasteiger charge is 2.14. The number of methoxy groups -OCH3 is 3. The molecule has 0 bridgehead atoms. The van der Waals surface area contributed by atoms with Crippen LogP contribution in [0.15, 0.2) is 24.3 Å². The van der Waals surface area contributed by atoms with Crippen molar-refractivity contribution in [1.29, 1.82) is 0 Å². The zero-order chi connectivity index (χ0) is 18.9. The minimum Gasteiger partial charge on any atom is -0.493 e. The van der Waals surface area contributed by atoms with Crippen molar-refractivity contribution in [2.75, 3.05) is 33.2 Å². The van der Waals surface area contributed by atoms with Crippen molar-refractivity contribution in [2.24, 2.45) is 0 Å². The lowest BCUT2D eigenvalue weighted by Crippen LogP contribution is -2.25. The Morgan fingerprint density at radius 1 is 1.04 bits per heavy atom. The second kappa shape index (κ2) is 9.45. The van der Waals surface area contributed by atoms with Gasteiger partial charge >= 0.3 is 0 Å². The maximum atomic E-state index is 11.9. The summed E-state index contributed by atoms with van der Waals surface area (Å²) in [7, 11) is 4.64. The normalized spacial score (nSPS) is 10.2. The summed E-state index contributed by atoms with van der Waals surface area (Å²) in [5.41, 5.74) is 0.963. The molecular formula is C18H24N4O4. The van der Waals surface area contributed by atoms with Crippen molar-refractivity contribution in [3.05, 3.63) is 30.0 Å². The molecule has 140 valence electrons. The summed E-state index contributed by atoms with van der Waals surface area (Å²) < 4.78 is 15.9. The van der Waals surface area contributed by atoms with E-state index in [9.17, 15) is 4.79 Å². The first kappa shape index (κ1) is 19.3. The van der Waals surface area contributed by atoms with Crippen LogP contribution in [0.1, 0.15) is 30.3 Å². The predicted octanol–water partition coefficient (Wildman–Crippen LogP) is 2.78. The van der Waals surface area contributed by atoms with Crippen molar-refractivity contribution in [1.82, 2.24) is 15.5 Å². The number of aromatic nitrogens is 2. The van der Waals surface area contributed by atoms with Gasteiger partial charge in [0, 0.05) is 24.4 Å². The van der Waals surface area contributed by atoms with Crippen molar-refractivity contribution < 1.29 is 19.0 Å². The summed E-state index contributed by atoms with van der Waals surface area (Å²) in [6, 6.07) is 6.82. The number of unbranched alkanes of at least 4 members (excludes halogenated alkanes) is 1. The van der Waals surface area contributed by atoms with E-state index in [2.05, 4.69) is 27.8 Å². The molecule has 1 amide bonds. The van der Waals surface area contributed by atoms with Crippen LogP contribution >= 0.6 is 0 Å². The summed E-state index contributed by atoms with van der Waals surface area (Å²) in [5.74, 6) is 1.81. The minimum atomic E-state index is -0.231. The molecule has 1 aromatic carbocycles. The van der Waals surface area contributed by atoms with Crippen LogP contribution < -0.4 is 24.8 Å². The Morgan fingerprint density at radius 3 is 2.23 bits per heavy atom. The molecule has 0 aliphatic carbocycles. The predicted molar refractivity (Wildman–Crippen MR) is 98.7 cm³/mol. The molecule has 0 atom stereocenters. The third-order valence-corrected chi connectivity index (χ3v) is 3.65. The van der Waals surface area contributed by atoms with Crippen LogP contribution in [0.2, 0.25) is 0 Å². The second-order valence-corrected chi connectivity index (χ2v) is 5.45. The third kappa shape index (κ3) is 4.75. The number of carbonyl (C=O) groups is 1. The molecule has 0 aliphatic rings. The lowest BCUT2D eigenvalue weighted by molar-refractivity contribution is 0.0947. The topological polar surface area (TPSA) is 94.6 Å². The van der Waals surface area contributed by atoms with Crippen LogP contribution in [0.25, 0.3) is 0 Å². The molecular weight excluding hydrogens is 336 g/mol. The van der Waals surface area contributed by atoms with Crippen molar-refractivity contribution in [2.45, 2.75) is 19.8 Å². The molecule has 0 spiro atoms. The lowest BCUT2D eigenvalue weighted by Gasteiger charge is -2.14. The monoisotopic (exact) mass is 360 g/mol. The van der Waals surface area contributed by atoms with Crippen LogP contribution in [-0.2, 0) is 0 Å². The van der Waals surface area contributed by atoms with Gasteiger partial charge in [-0.3, -0.25) is 4.79 Å². The SMILES string of the molecule is CCCCNC(=O)c1ccc(Nc2cc(OC)c(OC)c(OC)c2)nn1. The van der Waals surface area contributed by atoms with Crippen LogP contribution in [-0.4, -0.2) is 44.0 Å². The van der Waals surface area contributed by atoms with Gasteiger partial charge in [-0.05, 0) is 18.6 Å². The lowest BCUT2D eigenvalue weighted by atomic mass is 10.2. The molecule has 2 rings (SSSR count). The second-order valence-electron chi connectivity index (χ2n) is 5.45. The Kier molecular flexibility index (Phi) is 7.02. The molecule has 8 heteroatoms.